The van der Waals surface area contributed by atoms with Crippen molar-refractivity contribution in [2.24, 2.45) is 0 Å². The van der Waals surface area contributed by atoms with E-state index in [1.165, 1.54) is 0 Å². The molecule has 2 aromatic carbocycles. The van der Waals surface area contributed by atoms with Gasteiger partial charge >= 0.3 is 0 Å². The molecule has 0 aliphatic carbocycles. The number of hydrogen-bond donors (Lipinski definition) is 2. The molecule has 0 radical (unpaired) electrons. The van der Waals surface area contributed by atoms with Gasteiger partial charge in [0.25, 0.3) is 11.8 Å². The van der Waals surface area contributed by atoms with Gasteiger partial charge in [0, 0.05) is 22.0 Å². The first kappa shape index (κ1) is 30.2. The van der Waals surface area contributed by atoms with E-state index in [2.05, 4.69) is 42.5 Å². The summed E-state index contributed by atoms with van der Waals surface area (Å²) < 4.78 is 13.2. The SMILES string of the molecule is CC(C)Oc1ccc(Br)cc1C(=O)NCCCCCCCCNC(=O)c1cc(Br)ccc1OC(C)C. The largest absolute Gasteiger partial charge is 0.490 e. The molecule has 0 bridgehead atoms. The Hall–Kier alpha value is -2.06. The smallest absolute Gasteiger partial charge is 0.255 e. The minimum absolute atomic E-state index is 0.00270. The van der Waals surface area contributed by atoms with Gasteiger partial charge < -0.3 is 20.1 Å². The summed E-state index contributed by atoms with van der Waals surface area (Å²) in [4.78, 5) is 25.2. The van der Waals surface area contributed by atoms with Gasteiger partial charge in [-0.3, -0.25) is 9.59 Å². The molecule has 0 aliphatic rings. The first-order valence-electron chi connectivity index (χ1n) is 12.7. The summed E-state index contributed by atoms with van der Waals surface area (Å²) in [6, 6.07) is 11.0. The summed E-state index contributed by atoms with van der Waals surface area (Å²) in [5, 5.41) is 6.00. The van der Waals surface area contributed by atoms with Crippen molar-refractivity contribution in [1.29, 1.82) is 0 Å². The van der Waals surface area contributed by atoms with Crippen molar-refractivity contribution in [2.45, 2.75) is 78.4 Å². The Kier molecular flexibility index (Phi) is 13.3. The van der Waals surface area contributed by atoms with Crippen LogP contribution in [0.3, 0.4) is 0 Å². The topological polar surface area (TPSA) is 76.7 Å². The highest BCUT2D eigenvalue weighted by Gasteiger charge is 2.15. The Morgan fingerprint density at radius 2 is 1.03 bits per heavy atom. The van der Waals surface area contributed by atoms with Gasteiger partial charge in [-0.2, -0.15) is 0 Å². The second-order valence-electron chi connectivity index (χ2n) is 9.25. The molecule has 0 unspecified atom stereocenters. The van der Waals surface area contributed by atoms with E-state index >= 15 is 0 Å². The second-order valence-corrected chi connectivity index (χ2v) is 11.1. The van der Waals surface area contributed by atoms with Crippen molar-refractivity contribution < 1.29 is 19.1 Å². The number of rotatable bonds is 15. The van der Waals surface area contributed by atoms with E-state index in [0.717, 1.165) is 47.5 Å². The summed E-state index contributed by atoms with van der Waals surface area (Å²) >= 11 is 6.85. The van der Waals surface area contributed by atoms with Crippen LogP contribution in [0, 0.1) is 0 Å². The third-order valence-corrected chi connectivity index (χ3v) is 6.26. The molecule has 2 rings (SSSR count). The van der Waals surface area contributed by atoms with E-state index in [4.69, 9.17) is 9.47 Å². The van der Waals surface area contributed by atoms with Crippen LogP contribution < -0.4 is 20.1 Å². The first-order chi connectivity index (χ1) is 17.2. The van der Waals surface area contributed by atoms with Crippen molar-refractivity contribution in [2.75, 3.05) is 13.1 Å². The van der Waals surface area contributed by atoms with Gasteiger partial charge in [-0.1, -0.05) is 57.5 Å². The summed E-state index contributed by atoms with van der Waals surface area (Å²) in [5.41, 5.74) is 1.09. The van der Waals surface area contributed by atoms with Crippen molar-refractivity contribution in [3.63, 3.8) is 0 Å². The molecule has 0 saturated carbocycles. The Morgan fingerprint density at radius 3 is 1.39 bits per heavy atom. The number of benzene rings is 2. The molecule has 2 N–H and O–H groups in total. The molecule has 6 nitrogen and oxygen atoms in total. The maximum atomic E-state index is 12.6. The fourth-order valence-electron chi connectivity index (χ4n) is 3.62. The average molecular weight is 626 g/mol. The number of hydrogen-bond acceptors (Lipinski definition) is 4. The second kappa shape index (κ2) is 15.9. The standard InChI is InChI=1S/C28H38Br2N2O4/c1-19(2)35-25-13-11-21(29)17-23(25)27(33)31-15-9-7-5-6-8-10-16-32-28(34)24-18-22(30)12-14-26(24)36-20(3)4/h11-14,17-20H,5-10,15-16H2,1-4H3,(H,31,33)(H,32,34). The molecule has 2 amide bonds. The van der Waals surface area contributed by atoms with E-state index in [1.54, 1.807) is 12.1 Å². The molecule has 8 heteroatoms. The summed E-state index contributed by atoms with van der Waals surface area (Å²) in [6.07, 6.45) is 6.16. The van der Waals surface area contributed by atoms with Gasteiger partial charge in [0.1, 0.15) is 11.5 Å². The molecule has 198 valence electrons. The Morgan fingerprint density at radius 1 is 0.667 bits per heavy atom. The molecule has 2 aromatic rings. The van der Waals surface area contributed by atoms with Gasteiger partial charge in [0.15, 0.2) is 0 Å². The molecule has 0 heterocycles. The minimum atomic E-state index is -0.116. The number of ether oxygens (including phenoxy) is 2. The van der Waals surface area contributed by atoms with Crippen LogP contribution in [0.15, 0.2) is 45.3 Å². The van der Waals surface area contributed by atoms with E-state index in [0.29, 0.717) is 35.7 Å². The van der Waals surface area contributed by atoms with Crippen LogP contribution in [0.5, 0.6) is 11.5 Å². The number of halogens is 2. The zero-order chi connectivity index (χ0) is 26.5. The third kappa shape index (κ3) is 10.9. The van der Waals surface area contributed by atoms with Crippen molar-refractivity contribution in [1.82, 2.24) is 10.6 Å². The third-order valence-electron chi connectivity index (χ3n) is 5.27. The predicted octanol–water partition coefficient (Wildman–Crippen LogP) is 7.29. The molecule has 0 aromatic heterocycles. The van der Waals surface area contributed by atoms with E-state index in [-0.39, 0.29) is 24.0 Å². The molecular weight excluding hydrogens is 588 g/mol. The van der Waals surface area contributed by atoms with Crippen molar-refractivity contribution in [3.05, 3.63) is 56.5 Å². The molecule has 0 atom stereocenters. The number of carbonyl (C=O) groups is 2. The summed E-state index contributed by atoms with van der Waals surface area (Å²) in [6.45, 7) is 9.04. The highest BCUT2D eigenvalue weighted by Crippen LogP contribution is 2.25. The lowest BCUT2D eigenvalue weighted by Crippen LogP contribution is -2.25. The zero-order valence-electron chi connectivity index (χ0n) is 21.7. The van der Waals surface area contributed by atoms with Gasteiger partial charge in [-0.25, -0.2) is 0 Å². The minimum Gasteiger partial charge on any atom is -0.490 e. The first-order valence-corrected chi connectivity index (χ1v) is 14.2. The number of nitrogens with one attached hydrogen (secondary N) is 2. The maximum absolute atomic E-state index is 12.6. The van der Waals surface area contributed by atoms with Crippen LogP contribution in [-0.4, -0.2) is 37.1 Å². The lowest BCUT2D eigenvalue weighted by molar-refractivity contribution is 0.0937. The molecular formula is C28H38Br2N2O4. The number of unbranched alkanes of at least 4 members (excludes halogenated alkanes) is 5. The molecule has 36 heavy (non-hydrogen) atoms. The fourth-order valence-corrected chi connectivity index (χ4v) is 4.35. The number of amides is 2. The van der Waals surface area contributed by atoms with Gasteiger partial charge in [0.05, 0.1) is 23.3 Å². The van der Waals surface area contributed by atoms with E-state index in [1.807, 2.05) is 52.0 Å². The monoisotopic (exact) mass is 624 g/mol. The Labute approximate surface area is 232 Å². The Bertz CT molecular complexity index is 916. The van der Waals surface area contributed by atoms with Gasteiger partial charge in [-0.15, -0.1) is 0 Å². The van der Waals surface area contributed by atoms with Crippen LogP contribution in [0.4, 0.5) is 0 Å². The van der Waals surface area contributed by atoms with E-state index < -0.39 is 0 Å². The zero-order valence-corrected chi connectivity index (χ0v) is 24.8. The van der Waals surface area contributed by atoms with Gasteiger partial charge in [-0.05, 0) is 76.9 Å². The highest BCUT2D eigenvalue weighted by atomic mass is 79.9. The lowest BCUT2D eigenvalue weighted by atomic mass is 10.1. The lowest BCUT2D eigenvalue weighted by Gasteiger charge is -2.15. The fraction of sp³-hybridized carbons (Fsp3) is 0.500. The number of carbonyl (C=O) groups excluding carboxylic acids is 2. The van der Waals surface area contributed by atoms with Crippen molar-refractivity contribution in [3.8, 4) is 11.5 Å². The van der Waals surface area contributed by atoms with Crippen molar-refractivity contribution >= 4 is 43.7 Å². The van der Waals surface area contributed by atoms with Crippen LogP contribution in [0.2, 0.25) is 0 Å². The molecule has 0 saturated heterocycles. The summed E-state index contributed by atoms with van der Waals surface area (Å²) in [5.74, 6) is 0.966. The maximum Gasteiger partial charge on any atom is 0.255 e. The van der Waals surface area contributed by atoms with E-state index in [9.17, 15) is 9.59 Å². The predicted molar refractivity (Wildman–Crippen MR) is 152 cm³/mol. The van der Waals surface area contributed by atoms with Crippen LogP contribution in [-0.2, 0) is 0 Å². The van der Waals surface area contributed by atoms with Gasteiger partial charge in [0.2, 0.25) is 0 Å². The molecule has 0 fully saturated rings. The Balaban J connectivity index is 1.61. The van der Waals surface area contributed by atoms with Crippen LogP contribution >= 0.6 is 31.9 Å². The molecule has 0 aliphatic heterocycles. The average Bonchev–Trinajstić information content (AvgIpc) is 2.81. The normalized spacial score (nSPS) is 11.0. The quantitative estimate of drug-likeness (QED) is 0.204. The highest BCUT2D eigenvalue weighted by molar-refractivity contribution is 9.10. The van der Waals surface area contributed by atoms with Crippen LogP contribution in [0.1, 0.15) is 86.9 Å². The molecule has 0 spiro atoms. The summed E-state index contributed by atoms with van der Waals surface area (Å²) in [7, 11) is 0. The van der Waals surface area contributed by atoms with Crippen LogP contribution in [0.25, 0.3) is 0 Å².